The monoisotopic (exact) mass is 407 g/mol. The predicted molar refractivity (Wildman–Crippen MR) is 118 cm³/mol. The van der Waals surface area contributed by atoms with Gasteiger partial charge in [-0.05, 0) is 42.0 Å². The second-order valence-electron chi connectivity index (χ2n) is 6.87. The van der Waals surface area contributed by atoms with E-state index < -0.39 is 0 Å². The molecule has 1 fully saturated rings. The molecule has 1 aliphatic rings. The van der Waals surface area contributed by atoms with Crippen LogP contribution in [0.25, 0.3) is 22.5 Å². The van der Waals surface area contributed by atoms with Crippen LogP contribution in [0.4, 0.5) is 11.6 Å². The van der Waals surface area contributed by atoms with Crippen molar-refractivity contribution in [3.63, 3.8) is 0 Å². The number of anilines is 1. The molecule has 4 rings (SSSR count). The van der Waals surface area contributed by atoms with E-state index in [2.05, 4.69) is 9.89 Å². The third-order valence-electron chi connectivity index (χ3n) is 5.04. The lowest BCUT2D eigenvalue weighted by atomic mass is 10.0. The van der Waals surface area contributed by atoms with Crippen LogP contribution in [0.15, 0.2) is 57.9 Å². The van der Waals surface area contributed by atoms with Gasteiger partial charge in [-0.3, -0.25) is 0 Å². The first-order valence-corrected chi connectivity index (χ1v) is 9.76. The maximum Gasteiger partial charge on any atom is 0.244 e. The van der Waals surface area contributed by atoms with E-state index >= 15 is 0 Å². The topological polar surface area (TPSA) is 82.5 Å². The van der Waals surface area contributed by atoms with Gasteiger partial charge in [-0.2, -0.15) is 0 Å². The van der Waals surface area contributed by atoms with Gasteiger partial charge in [-0.1, -0.05) is 12.1 Å². The summed E-state index contributed by atoms with van der Waals surface area (Å²) in [5, 5.41) is 0. The van der Waals surface area contributed by atoms with Crippen molar-refractivity contribution >= 4 is 17.9 Å². The van der Waals surface area contributed by atoms with Crippen molar-refractivity contribution in [2.75, 3.05) is 46.3 Å². The molecular weight excluding hydrogens is 382 g/mol. The third kappa shape index (κ3) is 4.11. The van der Waals surface area contributed by atoms with Crippen molar-refractivity contribution in [1.82, 2.24) is 4.90 Å². The molecular formula is C23H25N3O4. The number of rotatable bonds is 6. The standard InChI is InChI=1S/C23H25N3O4/c1-27-18-7-3-16(4-8-18)20-21(24)23(25-15-26-11-13-29-14-12-26)30-22(20)17-5-9-19(28-2)10-6-17/h3-10,15H,11-14,24H2,1-2H3. The number of ether oxygens (including phenoxy) is 3. The van der Waals surface area contributed by atoms with Gasteiger partial charge < -0.3 is 29.3 Å². The summed E-state index contributed by atoms with van der Waals surface area (Å²) in [6.45, 7) is 2.96. The Kier molecular flexibility index (Phi) is 5.90. The van der Waals surface area contributed by atoms with Crippen LogP contribution in [0.1, 0.15) is 0 Å². The van der Waals surface area contributed by atoms with E-state index in [9.17, 15) is 0 Å². The number of hydrogen-bond acceptors (Lipinski definition) is 6. The Morgan fingerprint density at radius 2 is 1.47 bits per heavy atom. The van der Waals surface area contributed by atoms with E-state index in [1.807, 2.05) is 48.5 Å². The quantitative estimate of drug-likeness (QED) is 0.487. The molecule has 0 saturated carbocycles. The summed E-state index contributed by atoms with van der Waals surface area (Å²) < 4.78 is 22.1. The van der Waals surface area contributed by atoms with Gasteiger partial charge in [0.1, 0.15) is 22.9 Å². The van der Waals surface area contributed by atoms with Gasteiger partial charge in [-0.25, -0.2) is 4.99 Å². The molecule has 0 amide bonds. The minimum Gasteiger partial charge on any atom is -0.497 e. The van der Waals surface area contributed by atoms with E-state index in [4.69, 9.17) is 24.4 Å². The number of benzene rings is 2. The van der Waals surface area contributed by atoms with Crippen LogP contribution in [0.5, 0.6) is 11.5 Å². The van der Waals surface area contributed by atoms with E-state index in [0.29, 0.717) is 30.5 Å². The number of nitrogens with zero attached hydrogens (tertiary/aromatic N) is 2. The smallest absolute Gasteiger partial charge is 0.244 e. The summed E-state index contributed by atoms with van der Waals surface area (Å²) in [4.78, 5) is 6.62. The van der Waals surface area contributed by atoms with Crippen molar-refractivity contribution < 1.29 is 18.6 Å². The van der Waals surface area contributed by atoms with Gasteiger partial charge >= 0.3 is 0 Å². The molecule has 2 N–H and O–H groups in total. The third-order valence-corrected chi connectivity index (χ3v) is 5.04. The lowest BCUT2D eigenvalue weighted by molar-refractivity contribution is 0.0700. The van der Waals surface area contributed by atoms with Crippen LogP contribution < -0.4 is 15.2 Å². The summed E-state index contributed by atoms with van der Waals surface area (Å²) in [7, 11) is 3.28. The molecule has 7 nitrogen and oxygen atoms in total. The molecule has 3 aromatic rings. The lowest BCUT2D eigenvalue weighted by Crippen LogP contribution is -2.34. The predicted octanol–water partition coefficient (Wildman–Crippen LogP) is 4.21. The first-order valence-electron chi connectivity index (χ1n) is 9.76. The number of methoxy groups -OCH3 is 2. The molecule has 0 bridgehead atoms. The number of nitrogens with two attached hydrogens (primary N) is 1. The molecule has 1 aromatic heterocycles. The van der Waals surface area contributed by atoms with Gasteiger partial charge in [0.2, 0.25) is 5.88 Å². The van der Waals surface area contributed by atoms with Crippen molar-refractivity contribution in [1.29, 1.82) is 0 Å². The van der Waals surface area contributed by atoms with E-state index in [0.717, 1.165) is 41.3 Å². The van der Waals surface area contributed by atoms with Crippen molar-refractivity contribution in [2.24, 2.45) is 4.99 Å². The van der Waals surface area contributed by atoms with Gasteiger partial charge in [0.25, 0.3) is 0 Å². The van der Waals surface area contributed by atoms with Crippen LogP contribution in [-0.4, -0.2) is 51.8 Å². The van der Waals surface area contributed by atoms with E-state index in [1.54, 1.807) is 20.6 Å². The maximum atomic E-state index is 6.51. The average molecular weight is 407 g/mol. The lowest BCUT2D eigenvalue weighted by Gasteiger charge is -2.23. The molecule has 0 aliphatic carbocycles. The summed E-state index contributed by atoms with van der Waals surface area (Å²) in [6, 6.07) is 15.4. The molecule has 2 aromatic carbocycles. The Morgan fingerprint density at radius 1 is 0.900 bits per heavy atom. The molecule has 1 saturated heterocycles. The Morgan fingerprint density at radius 3 is 2.03 bits per heavy atom. The molecule has 30 heavy (non-hydrogen) atoms. The Bertz CT molecular complexity index is 1000. The molecule has 0 atom stereocenters. The first kappa shape index (κ1) is 19.8. The van der Waals surface area contributed by atoms with Crippen LogP contribution in [0, 0.1) is 0 Å². The Hall–Kier alpha value is -3.45. The highest BCUT2D eigenvalue weighted by atomic mass is 16.5. The molecule has 0 spiro atoms. The zero-order valence-electron chi connectivity index (χ0n) is 17.1. The normalized spacial score (nSPS) is 14.3. The summed E-state index contributed by atoms with van der Waals surface area (Å²) in [6.07, 6.45) is 1.77. The minimum atomic E-state index is 0.387. The second-order valence-corrected chi connectivity index (χ2v) is 6.87. The van der Waals surface area contributed by atoms with Gasteiger partial charge in [0.05, 0.1) is 39.3 Å². The highest BCUT2D eigenvalue weighted by Crippen LogP contribution is 2.45. The fraction of sp³-hybridized carbons (Fsp3) is 0.261. The van der Waals surface area contributed by atoms with Gasteiger partial charge in [0.15, 0.2) is 0 Å². The number of aliphatic imine (C=N–C) groups is 1. The summed E-state index contributed by atoms with van der Waals surface area (Å²) >= 11 is 0. The molecule has 156 valence electrons. The average Bonchev–Trinajstić information content (AvgIpc) is 3.14. The van der Waals surface area contributed by atoms with E-state index in [1.165, 1.54) is 0 Å². The van der Waals surface area contributed by atoms with Gasteiger partial charge in [0, 0.05) is 18.7 Å². The van der Waals surface area contributed by atoms with Crippen LogP contribution in [-0.2, 0) is 4.74 Å². The fourth-order valence-electron chi connectivity index (χ4n) is 3.34. The zero-order valence-corrected chi connectivity index (χ0v) is 17.1. The van der Waals surface area contributed by atoms with Crippen molar-refractivity contribution in [3.8, 4) is 33.9 Å². The SMILES string of the molecule is COc1ccc(-c2oc(N=CN3CCOCC3)c(N)c2-c2ccc(OC)cc2)cc1. The number of nitrogen functional groups attached to an aromatic ring is 1. The molecule has 0 radical (unpaired) electrons. The maximum absolute atomic E-state index is 6.51. The summed E-state index contributed by atoms with van der Waals surface area (Å²) in [5.74, 6) is 2.60. The molecule has 0 unspecified atom stereocenters. The van der Waals surface area contributed by atoms with Crippen LogP contribution in [0.2, 0.25) is 0 Å². The van der Waals surface area contributed by atoms with E-state index in [-0.39, 0.29) is 0 Å². The minimum absolute atomic E-state index is 0.387. The molecule has 7 heteroatoms. The molecule has 2 heterocycles. The highest BCUT2D eigenvalue weighted by molar-refractivity contribution is 5.93. The zero-order chi connectivity index (χ0) is 20.9. The summed E-state index contributed by atoms with van der Waals surface area (Å²) in [5.41, 5.74) is 9.62. The number of furan rings is 1. The van der Waals surface area contributed by atoms with Gasteiger partial charge in [-0.15, -0.1) is 0 Å². The van der Waals surface area contributed by atoms with Crippen molar-refractivity contribution in [3.05, 3.63) is 48.5 Å². The van der Waals surface area contributed by atoms with Crippen LogP contribution in [0.3, 0.4) is 0 Å². The number of morpholine rings is 1. The Labute approximate surface area is 175 Å². The fourth-order valence-corrected chi connectivity index (χ4v) is 3.34. The highest BCUT2D eigenvalue weighted by Gasteiger charge is 2.21. The Balaban J connectivity index is 1.76. The first-order chi connectivity index (χ1) is 14.7. The largest absolute Gasteiger partial charge is 0.497 e. The van der Waals surface area contributed by atoms with Crippen molar-refractivity contribution in [2.45, 2.75) is 0 Å². The molecule has 1 aliphatic heterocycles. The second kappa shape index (κ2) is 8.92. The van der Waals surface area contributed by atoms with Crippen LogP contribution >= 0.6 is 0 Å². The number of hydrogen-bond donors (Lipinski definition) is 1.